The van der Waals surface area contributed by atoms with Crippen LogP contribution in [0.2, 0.25) is 0 Å². The fourth-order valence-corrected chi connectivity index (χ4v) is 1.72. The first-order chi connectivity index (χ1) is 7.77. The van der Waals surface area contributed by atoms with E-state index in [1.165, 1.54) is 0 Å². The summed E-state index contributed by atoms with van der Waals surface area (Å²) in [5, 5.41) is 2.91. The third-order valence-corrected chi connectivity index (χ3v) is 2.77. The molecule has 1 aromatic heterocycles. The molecule has 1 aromatic rings. The number of hydrogen-bond acceptors (Lipinski definition) is 2. The fraction of sp³-hybridized carbons (Fsp3) is 0.545. The Balaban J connectivity index is 1.81. The second kappa shape index (κ2) is 5.03. The number of hydrogen-bond donors (Lipinski definition) is 1. The molecule has 0 bridgehead atoms. The van der Waals surface area contributed by atoms with Crippen molar-refractivity contribution in [1.82, 2.24) is 14.8 Å². The molecule has 5 nitrogen and oxygen atoms in total. The van der Waals surface area contributed by atoms with E-state index in [-0.39, 0.29) is 6.03 Å². The van der Waals surface area contributed by atoms with Gasteiger partial charge < -0.3 is 19.5 Å². The van der Waals surface area contributed by atoms with Crippen LogP contribution in [0.4, 0.5) is 4.79 Å². The molecule has 2 amide bonds. The zero-order valence-electron chi connectivity index (χ0n) is 9.48. The van der Waals surface area contributed by atoms with Crippen LogP contribution in [0.15, 0.2) is 18.3 Å². The van der Waals surface area contributed by atoms with Crippen molar-refractivity contribution in [2.24, 2.45) is 7.05 Å². The molecule has 0 aromatic carbocycles. The minimum Gasteiger partial charge on any atom is -0.378 e. The summed E-state index contributed by atoms with van der Waals surface area (Å²) in [7, 11) is 1.97. The van der Waals surface area contributed by atoms with Crippen LogP contribution in [0.5, 0.6) is 0 Å². The molecule has 0 unspecified atom stereocenters. The van der Waals surface area contributed by atoms with Crippen molar-refractivity contribution in [2.45, 2.75) is 6.54 Å². The molecular weight excluding hydrogens is 206 g/mol. The highest BCUT2D eigenvalue weighted by Gasteiger charge is 2.16. The standard InChI is InChI=1S/C11H17N3O2/c1-13-4-2-3-10(13)9-12-11(15)14-5-7-16-8-6-14/h2-4H,5-9H2,1H3,(H,12,15). The molecule has 5 heteroatoms. The average molecular weight is 223 g/mol. The van der Waals surface area contributed by atoms with Crippen LogP contribution in [0.25, 0.3) is 0 Å². The quantitative estimate of drug-likeness (QED) is 0.796. The number of carbonyl (C=O) groups excluding carboxylic acids is 1. The molecule has 0 aliphatic carbocycles. The maximum absolute atomic E-state index is 11.8. The summed E-state index contributed by atoms with van der Waals surface area (Å²) < 4.78 is 7.19. The van der Waals surface area contributed by atoms with Crippen molar-refractivity contribution < 1.29 is 9.53 Å². The molecule has 0 saturated carbocycles. The number of nitrogens with one attached hydrogen (secondary N) is 1. The molecule has 1 saturated heterocycles. The van der Waals surface area contributed by atoms with E-state index in [1.54, 1.807) is 4.90 Å². The summed E-state index contributed by atoms with van der Waals surface area (Å²) >= 11 is 0. The van der Waals surface area contributed by atoms with E-state index in [4.69, 9.17) is 4.74 Å². The van der Waals surface area contributed by atoms with Crippen LogP contribution in [0.1, 0.15) is 5.69 Å². The van der Waals surface area contributed by atoms with Gasteiger partial charge in [0.2, 0.25) is 0 Å². The molecule has 0 radical (unpaired) electrons. The Morgan fingerprint density at radius 1 is 1.50 bits per heavy atom. The topological polar surface area (TPSA) is 46.5 Å². The molecule has 1 aliphatic rings. The first kappa shape index (κ1) is 11.0. The van der Waals surface area contributed by atoms with E-state index < -0.39 is 0 Å². The molecular formula is C11H17N3O2. The van der Waals surface area contributed by atoms with Gasteiger partial charge >= 0.3 is 6.03 Å². The Bertz CT molecular complexity index is 356. The van der Waals surface area contributed by atoms with Crippen LogP contribution >= 0.6 is 0 Å². The van der Waals surface area contributed by atoms with E-state index in [2.05, 4.69) is 5.32 Å². The third kappa shape index (κ3) is 2.55. The van der Waals surface area contributed by atoms with Gasteiger partial charge in [0.15, 0.2) is 0 Å². The number of aryl methyl sites for hydroxylation is 1. The predicted molar refractivity (Wildman–Crippen MR) is 60.0 cm³/mol. The van der Waals surface area contributed by atoms with Gasteiger partial charge in [-0.05, 0) is 12.1 Å². The number of aromatic nitrogens is 1. The number of ether oxygens (including phenoxy) is 1. The van der Waals surface area contributed by atoms with Crippen LogP contribution in [0.3, 0.4) is 0 Å². The lowest BCUT2D eigenvalue weighted by atomic mass is 10.4. The van der Waals surface area contributed by atoms with E-state index in [0.717, 1.165) is 5.69 Å². The van der Waals surface area contributed by atoms with Gasteiger partial charge in [-0.2, -0.15) is 0 Å². The lowest BCUT2D eigenvalue weighted by Gasteiger charge is -2.26. The molecule has 0 atom stereocenters. The Morgan fingerprint density at radius 2 is 2.25 bits per heavy atom. The van der Waals surface area contributed by atoms with Crippen LogP contribution < -0.4 is 5.32 Å². The van der Waals surface area contributed by atoms with Crippen LogP contribution in [0, 0.1) is 0 Å². The molecule has 1 N–H and O–H groups in total. The van der Waals surface area contributed by atoms with Gasteiger partial charge in [-0.15, -0.1) is 0 Å². The summed E-state index contributed by atoms with van der Waals surface area (Å²) in [6, 6.07) is 3.96. The Kier molecular flexibility index (Phi) is 3.46. The number of rotatable bonds is 2. The normalized spacial score (nSPS) is 16.2. The van der Waals surface area contributed by atoms with Gasteiger partial charge in [0.1, 0.15) is 0 Å². The van der Waals surface area contributed by atoms with Crippen molar-refractivity contribution in [2.75, 3.05) is 26.3 Å². The second-order valence-electron chi connectivity index (χ2n) is 3.87. The highest BCUT2D eigenvalue weighted by Crippen LogP contribution is 2.01. The monoisotopic (exact) mass is 223 g/mol. The van der Waals surface area contributed by atoms with Crippen LogP contribution in [-0.4, -0.2) is 41.8 Å². The number of nitrogens with zero attached hydrogens (tertiary/aromatic N) is 2. The third-order valence-electron chi connectivity index (χ3n) is 2.77. The van der Waals surface area contributed by atoms with E-state index in [9.17, 15) is 4.79 Å². The molecule has 2 heterocycles. The van der Waals surface area contributed by atoms with Crippen molar-refractivity contribution in [3.8, 4) is 0 Å². The van der Waals surface area contributed by atoms with E-state index >= 15 is 0 Å². The van der Waals surface area contributed by atoms with Gasteiger partial charge in [0.25, 0.3) is 0 Å². The SMILES string of the molecule is Cn1cccc1CNC(=O)N1CCOCC1. The first-order valence-electron chi connectivity index (χ1n) is 5.48. The summed E-state index contributed by atoms with van der Waals surface area (Å²) in [5.41, 5.74) is 1.10. The van der Waals surface area contributed by atoms with Gasteiger partial charge in [-0.3, -0.25) is 0 Å². The lowest BCUT2D eigenvalue weighted by molar-refractivity contribution is 0.0531. The maximum atomic E-state index is 11.8. The van der Waals surface area contributed by atoms with E-state index in [1.807, 2.05) is 29.9 Å². The number of carbonyl (C=O) groups is 1. The average Bonchev–Trinajstić information content (AvgIpc) is 2.73. The lowest BCUT2D eigenvalue weighted by Crippen LogP contribution is -2.46. The van der Waals surface area contributed by atoms with Crippen molar-refractivity contribution >= 4 is 6.03 Å². The fourth-order valence-electron chi connectivity index (χ4n) is 1.72. The second-order valence-corrected chi connectivity index (χ2v) is 3.87. The van der Waals surface area contributed by atoms with Crippen molar-refractivity contribution in [3.63, 3.8) is 0 Å². The minimum atomic E-state index is -0.00972. The first-order valence-corrected chi connectivity index (χ1v) is 5.48. The summed E-state index contributed by atoms with van der Waals surface area (Å²) in [4.78, 5) is 13.5. The summed E-state index contributed by atoms with van der Waals surface area (Å²) in [6.45, 7) is 3.20. The predicted octanol–water partition coefficient (Wildman–Crippen LogP) is 0.567. The largest absolute Gasteiger partial charge is 0.378 e. The summed E-state index contributed by atoms with van der Waals surface area (Å²) in [6.07, 6.45) is 1.97. The number of morpholine rings is 1. The van der Waals surface area contributed by atoms with Crippen molar-refractivity contribution in [1.29, 1.82) is 0 Å². The molecule has 1 aliphatic heterocycles. The summed E-state index contributed by atoms with van der Waals surface area (Å²) in [5.74, 6) is 0. The Labute approximate surface area is 95.0 Å². The van der Waals surface area contributed by atoms with Gasteiger partial charge in [-0.25, -0.2) is 4.79 Å². The highest BCUT2D eigenvalue weighted by atomic mass is 16.5. The van der Waals surface area contributed by atoms with E-state index in [0.29, 0.717) is 32.8 Å². The Morgan fingerprint density at radius 3 is 2.88 bits per heavy atom. The van der Waals surface area contributed by atoms with Crippen molar-refractivity contribution in [3.05, 3.63) is 24.0 Å². The zero-order valence-corrected chi connectivity index (χ0v) is 9.48. The van der Waals surface area contributed by atoms with Crippen LogP contribution in [-0.2, 0) is 18.3 Å². The van der Waals surface area contributed by atoms with Gasteiger partial charge in [0, 0.05) is 32.0 Å². The maximum Gasteiger partial charge on any atom is 0.317 e. The molecule has 16 heavy (non-hydrogen) atoms. The molecule has 2 rings (SSSR count). The minimum absolute atomic E-state index is 0.00972. The molecule has 1 fully saturated rings. The van der Waals surface area contributed by atoms with Gasteiger partial charge in [0.05, 0.1) is 19.8 Å². The zero-order chi connectivity index (χ0) is 11.4. The number of urea groups is 1. The molecule has 0 spiro atoms. The Hall–Kier alpha value is -1.49. The molecule has 88 valence electrons. The number of amides is 2. The highest BCUT2D eigenvalue weighted by molar-refractivity contribution is 5.74. The smallest absolute Gasteiger partial charge is 0.317 e. The van der Waals surface area contributed by atoms with Gasteiger partial charge in [-0.1, -0.05) is 0 Å².